The summed E-state index contributed by atoms with van der Waals surface area (Å²) < 4.78 is 5.14. The molecule has 0 aliphatic rings. The van der Waals surface area contributed by atoms with Crippen LogP contribution in [0.2, 0.25) is 0 Å². The van der Waals surface area contributed by atoms with E-state index in [4.69, 9.17) is 9.84 Å². The minimum absolute atomic E-state index is 0.116. The lowest BCUT2D eigenvalue weighted by Gasteiger charge is -2.20. The summed E-state index contributed by atoms with van der Waals surface area (Å²) in [5.74, 6) is -0.192. The number of nitrogens with zero attached hydrogens (tertiary/aromatic N) is 1. The lowest BCUT2D eigenvalue weighted by molar-refractivity contribution is -0.155. The number of rotatable bonds is 5. The van der Waals surface area contributed by atoms with E-state index in [-0.39, 0.29) is 12.6 Å². The van der Waals surface area contributed by atoms with Crippen LogP contribution in [0, 0.1) is 0 Å². The first-order valence-corrected chi connectivity index (χ1v) is 4.86. The molecular formula is C10H21NO3. The zero-order valence-electron chi connectivity index (χ0n) is 9.54. The van der Waals surface area contributed by atoms with Gasteiger partial charge in [0.25, 0.3) is 0 Å². The van der Waals surface area contributed by atoms with Crippen LogP contribution in [0.15, 0.2) is 0 Å². The van der Waals surface area contributed by atoms with E-state index in [1.165, 1.54) is 0 Å². The van der Waals surface area contributed by atoms with Crippen molar-refractivity contribution in [3.63, 3.8) is 0 Å². The van der Waals surface area contributed by atoms with Crippen LogP contribution in [0.25, 0.3) is 0 Å². The zero-order chi connectivity index (χ0) is 11.2. The third-order valence-electron chi connectivity index (χ3n) is 1.60. The Morgan fingerprint density at radius 3 is 2.36 bits per heavy atom. The molecular weight excluding hydrogens is 182 g/mol. The topological polar surface area (TPSA) is 49.8 Å². The van der Waals surface area contributed by atoms with Crippen molar-refractivity contribution in [3.8, 4) is 0 Å². The molecule has 0 aliphatic carbocycles. The summed E-state index contributed by atoms with van der Waals surface area (Å²) in [6.07, 6.45) is 0.369. The molecule has 0 aromatic rings. The molecule has 1 N–H and O–H groups in total. The second-order valence-corrected chi connectivity index (χ2v) is 4.36. The van der Waals surface area contributed by atoms with Gasteiger partial charge in [-0.2, -0.15) is 0 Å². The Kier molecular flexibility index (Phi) is 5.72. The maximum atomic E-state index is 11.3. The number of esters is 1. The Labute approximate surface area is 85.9 Å². The smallest absolute Gasteiger partial charge is 0.307 e. The third-order valence-corrected chi connectivity index (χ3v) is 1.60. The van der Waals surface area contributed by atoms with Gasteiger partial charge in [0.05, 0.1) is 13.0 Å². The maximum absolute atomic E-state index is 11.3. The molecule has 0 aromatic carbocycles. The van der Waals surface area contributed by atoms with E-state index in [1.54, 1.807) is 0 Å². The Morgan fingerprint density at radius 2 is 1.93 bits per heavy atom. The van der Waals surface area contributed by atoms with E-state index >= 15 is 0 Å². The fourth-order valence-corrected chi connectivity index (χ4v) is 0.957. The van der Waals surface area contributed by atoms with E-state index in [0.717, 1.165) is 0 Å². The van der Waals surface area contributed by atoms with Gasteiger partial charge >= 0.3 is 5.97 Å². The van der Waals surface area contributed by atoms with E-state index in [1.807, 2.05) is 32.7 Å². The number of hydrogen-bond donors (Lipinski definition) is 1. The molecule has 0 aliphatic heterocycles. The van der Waals surface area contributed by atoms with Crippen molar-refractivity contribution in [2.24, 2.45) is 0 Å². The summed E-state index contributed by atoms with van der Waals surface area (Å²) >= 11 is 0. The summed E-state index contributed by atoms with van der Waals surface area (Å²) in [6.45, 7) is 6.87. The summed E-state index contributed by atoms with van der Waals surface area (Å²) in [7, 11) is 1.86. The monoisotopic (exact) mass is 203 g/mol. The highest BCUT2D eigenvalue weighted by Crippen LogP contribution is 2.08. The van der Waals surface area contributed by atoms with Gasteiger partial charge in [-0.05, 0) is 27.8 Å². The highest BCUT2D eigenvalue weighted by atomic mass is 16.6. The van der Waals surface area contributed by atoms with Crippen LogP contribution in [-0.2, 0) is 9.53 Å². The summed E-state index contributed by atoms with van der Waals surface area (Å²) in [5, 5.41) is 8.63. The first-order valence-electron chi connectivity index (χ1n) is 4.86. The number of aliphatic hydroxyl groups is 1. The van der Waals surface area contributed by atoms with E-state index in [9.17, 15) is 4.79 Å². The fourth-order valence-electron chi connectivity index (χ4n) is 0.957. The van der Waals surface area contributed by atoms with Crippen molar-refractivity contribution >= 4 is 5.97 Å². The van der Waals surface area contributed by atoms with Crippen molar-refractivity contribution < 1.29 is 14.6 Å². The highest BCUT2D eigenvalue weighted by molar-refractivity contribution is 5.70. The van der Waals surface area contributed by atoms with Gasteiger partial charge in [0.15, 0.2) is 0 Å². The summed E-state index contributed by atoms with van der Waals surface area (Å²) in [6, 6.07) is 0. The standard InChI is InChI=1S/C10H21NO3/c1-10(2,3)14-9(13)5-6-11(4)7-8-12/h12H,5-8H2,1-4H3. The minimum atomic E-state index is -0.410. The van der Waals surface area contributed by atoms with Gasteiger partial charge < -0.3 is 14.7 Å². The number of carbonyl (C=O) groups is 1. The normalized spacial score (nSPS) is 11.9. The second kappa shape index (κ2) is 5.98. The van der Waals surface area contributed by atoms with Crippen molar-refractivity contribution in [2.75, 3.05) is 26.7 Å². The maximum Gasteiger partial charge on any atom is 0.307 e. The lowest BCUT2D eigenvalue weighted by Crippen LogP contribution is -2.29. The highest BCUT2D eigenvalue weighted by Gasteiger charge is 2.16. The van der Waals surface area contributed by atoms with Gasteiger partial charge in [0.1, 0.15) is 5.60 Å². The van der Waals surface area contributed by atoms with E-state index < -0.39 is 5.60 Å². The molecule has 4 heteroatoms. The van der Waals surface area contributed by atoms with Crippen LogP contribution >= 0.6 is 0 Å². The van der Waals surface area contributed by atoms with Crippen molar-refractivity contribution in [3.05, 3.63) is 0 Å². The molecule has 0 rings (SSSR count). The third kappa shape index (κ3) is 8.01. The Hall–Kier alpha value is -0.610. The van der Waals surface area contributed by atoms with Crippen molar-refractivity contribution in [1.29, 1.82) is 0 Å². The molecule has 0 saturated heterocycles. The molecule has 0 aromatic heterocycles. The first-order chi connectivity index (χ1) is 6.35. The molecule has 0 atom stereocenters. The van der Waals surface area contributed by atoms with Crippen LogP contribution in [0.4, 0.5) is 0 Å². The second-order valence-electron chi connectivity index (χ2n) is 4.36. The Morgan fingerprint density at radius 1 is 1.36 bits per heavy atom. The molecule has 14 heavy (non-hydrogen) atoms. The first kappa shape index (κ1) is 13.4. The number of ether oxygens (including phenoxy) is 1. The quantitative estimate of drug-likeness (QED) is 0.666. The number of hydrogen-bond acceptors (Lipinski definition) is 4. The predicted molar refractivity (Wildman–Crippen MR) is 55.0 cm³/mol. The van der Waals surface area contributed by atoms with Crippen LogP contribution in [0.3, 0.4) is 0 Å². The van der Waals surface area contributed by atoms with Crippen LogP contribution in [0.5, 0.6) is 0 Å². The molecule has 0 heterocycles. The van der Waals surface area contributed by atoms with Gasteiger partial charge in [0, 0.05) is 13.1 Å². The zero-order valence-corrected chi connectivity index (χ0v) is 9.54. The van der Waals surface area contributed by atoms with Crippen LogP contribution in [0.1, 0.15) is 27.2 Å². The molecule has 0 unspecified atom stereocenters. The molecule has 84 valence electrons. The molecule has 0 radical (unpaired) electrons. The minimum Gasteiger partial charge on any atom is -0.460 e. The average Bonchev–Trinajstić information content (AvgIpc) is 1.98. The average molecular weight is 203 g/mol. The van der Waals surface area contributed by atoms with Gasteiger partial charge in [-0.25, -0.2) is 0 Å². The molecule has 0 spiro atoms. The largest absolute Gasteiger partial charge is 0.460 e. The fraction of sp³-hybridized carbons (Fsp3) is 0.900. The predicted octanol–water partition coefficient (Wildman–Crippen LogP) is 0.642. The van der Waals surface area contributed by atoms with Crippen molar-refractivity contribution in [2.45, 2.75) is 32.8 Å². The van der Waals surface area contributed by atoms with Crippen molar-refractivity contribution in [1.82, 2.24) is 4.90 Å². The van der Waals surface area contributed by atoms with Crippen LogP contribution < -0.4 is 0 Å². The SMILES string of the molecule is CN(CCO)CCC(=O)OC(C)(C)C. The molecule has 4 nitrogen and oxygen atoms in total. The lowest BCUT2D eigenvalue weighted by atomic mass is 10.2. The summed E-state index contributed by atoms with van der Waals surface area (Å²) in [4.78, 5) is 13.1. The molecule has 0 fully saturated rings. The van der Waals surface area contributed by atoms with Gasteiger partial charge in [-0.15, -0.1) is 0 Å². The van der Waals surface area contributed by atoms with E-state index in [0.29, 0.717) is 19.5 Å². The molecule has 0 bridgehead atoms. The Bertz CT molecular complexity index is 175. The van der Waals surface area contributed by atoms with Gasteiger partial charge in [-0.1, -0.05) is 0 Å². The van der Waals surface area contributed by atoms with Gasteiger partial charge in [0.2, 0.25) is 0 Å². The van der Waals surface area contributed by atoms with E-state index in [2.05, 4.69) is 0 Å². The molecule has 0 amide bonds. The number of aliphatic hydroxyl groups excluding tert-OH is 1. The number of likely N-dealkylation sites (N-methyl/N-ethyl adjacent to an activating group) is 1. The summed E-state index contributed by atoms with van der Waals surface area (Å²) in [5.41, 5.74) is -0.410. The Balaban J connectivity index is 3.64. The number of carbonyl (C=O) groups excluding carboxylic acids is 1. The van der Waals surface area contributed by atoms with Crippen LogP contribution in [-0.4, -0.2) is 48.3 Å². The molecule has 0 saturated carbocycles. The van der Waals surface area contributed by atoms with Gasteiger partial charge in [-0.3, -0.25) is 4.79 Å².